The number of carbonyl (C=O) groups is 1. The van der Waals surface area contributed by atoms with Crippen molar-refractivity contribution >= 4 is 38.1 Å². The number of nitrogens with zero attached hydrogens (tertiary/aromatic N) is 3. The number of hydrazone groups is 1. The molecule has 0 spiro atoms. The second-order valence-electron chi connectivity index (χ2n) is 8.79. The van der Waals surface area contributed by atoms with Crippen molar-refractivity contribution in [1.29, 1.82) is 0 Å². The van der Waals surface area contributed by atoms with Crippen LogP contribution >= 0.6 is 0 Å². The topological polar surface area (TPSA) is 79.3 Å². The van der Waals surface area contributed by atoms with E-state index in [1.807, 2.05) is 66.7 Å². The molecular weight excluding hydrogens is 474 g/mol. The van der Waals surface area contributed by atoms with Crippen LogP contribution in [0.5, 0.6) is 5.75 Å². The van der Waals surface area contributed by atoms with Crippen LogP contribution in [0.25, 0.3) is 10.8 Å². The van der Waals surface area contributed by atoms with E-state index in [2.05, 4.69) is 0 Å². The number of benzene rings is 4. The Morgan fingerprint density at radius 3 is 2.39 bits per heavy atom. The van der Waals surface area contributed by atoms with Crippen molar-refractivity contribution in [3.05, 3.63) is 102 Å². The molecule has 1 amide bonds. The molecule has 0 aromatic heterocycles. The minimum atomic E-state index is -3.86. The van der Waals surface area contributed by atoms with Crippen LogP contribution in [0.4, 0.5) is 5.69 Å². The Morgan fingerprint density at radius 2 is 1.67 bits per heavy atom. The molecule has 4 aromatic rings. The number of methoxy groups -OCH3 is 1. The summed E-state index contributed by atoms with van der Waals surface area (Å²) in [5, 5.41) is 7.60. The highest BCUT2D eigenvalue weighted by Crippen LogP contribution is 2.42. The molecule has 0 N–H and O–H groups in total. The van der Waals surface area contributed by atoms with Crippen LogP contribution in [0.15, 0.2) is 101 Å². The van der Waals surface area contributed by atoms with Crippen molar-refractivity contribution in [2.24, 2.45) is 5.10 Å². The van der Waals surface area contributed by atoms with Gasteiger partial charge in [-0.25, -0.2) is 13.4 Å². The van der Waals surface area contributed by atoms with Gasteiger partial charge in [-0.3, -0.25) is 9.10 Å². The van der Waals surface area contributed by atoms with Gasteiger partial charge >= 0.3 is 0 Å². The van der Waals surface area contributed by atoms with Gasteiger partial charge in [-0.15, -0.1) is 0 Å². The number of ether oxygens (including phenoxy) is 1. The van der Waals surface area contributed by atoms with Gasteiger partial charge in [0.1, 0.15) is 12.3 Å². The summed E-state index contributed by atoms with van der Waals surface area (Å²) in [6.07, 6.45) is 0.518. The average Bonchev–Trinajstić information content (AvgIpc) is 3.45. The second-order valence-corrected chi connectivity index (χ2v) is 10.6. The molecular formula is C28H23N3O4S. The number of sulfonamides is 1. The molecule has 6 rings (SSSR count). The van der Waals surface area contributed by atoms with E-state index in [9.17, 15) is 13.2 Å². The van der Waals surface area contributed by atoms with Crippen LogP contribution in [0.2, 0.25) is 0 Å². The molecule has 36 heavy (non-hydrogen) atoms. The third kappa shape index (κ3) is 3.53. The molecule has 0 saturated heterocycles. The first-order valence-corrected chi connectivity index (χ1v) is 13.0. The molecule has 7 nitrogen and oxygen atoms in total. The summed E-state index contributed by atoms with van der Waals surface area (Å²) < 4.78 is 33.3. The Morgan fingerprint density at radius 1 is 0.944 bits per heavy atom. The lowest BCUT2D eigenvalue weighted by molar-refractivity contribution is -0.131. The maximum atomic E-state index is 13.7. The summed E-state index contributed by atoms with van der Waals surface area (Å²) in [5.41, 5.74) is 3.12. The zero-order chi connectivity index (χ0) is 24.9. The molecule has 0 fully saturated rings. The quantitative estimate of drug-likeness (QED) is 0.399. The number of hydrogen-bond donors (Lipinski definition) is 0. The maximum Gasteiger partial charge on any atom is 0.265 e. The van der Waals surface area contributed by atoms with Crippen LogP contribution in [0.1, 0.15) is 23.6 Å². The number of amides is 1. The van der Waals surface area contributed by atoms with Crippen LogP contribution < -0.4 is 9.04 Å². The van der Waals surface area contributed by atoms with Crippen molar-refractivity contribution in [3.8, 4) is 5.75 Å². The number of anilines is 1. The molecule has 1 unspecified atom stereocenters. The summed E-state index contributed by atoms with van der Waals surface area (Å²) in [5.74, 6) is 0.322. The van der Waals surface area contributed by atoms with Gasteiger partial charge in [0.2, 0.25) is 0 Å². The first kappa shape index (κ1) is 22.3. The Balaban J connectivity index is 1.37. The monoisotopic (exact) mass is 497 g/mol. The Labute approximate surface area is 209 Å². The van der Waals surface area contributed by atoms with Gasteiger partial charge < -0.3 is 4.74 Å². The smallest absolute Gasteiger partial charge is 0.265 e. The van der Waals surface area contributed by atoms with Crippen LogP contribution in [-0.4, -0.2) is 38.7 Å². The van der Waals surface area contributed by atoms with Gasteiger partial charge in [0.15, 0.2) is 0 Å². The highest BCUT2D eigenvalue weighted by atomic mass is 32.2. The van der Waals surface area contributed by atoms with Gasteiger partial charge in [0.25, 0.3) is 15.9 Å². The van der Waals surface area contributed by atoms with E-state index >= 15 is 0 Å². The van der Waals surface area contributed by atoms with Crippen molar-refractivity contribution in [2.45, 2.75) is 17.4 Å². The summed E-state index contributed by atoms with van der Waals surface area (Å²) in [6.45, 7) is -0.339. The summed E-state index contributed by atoms with van der Waals surface area (Å²) in [7, 11) is -2.26. The van der Waals surface area contributed by atoms with Gasteiger partial charge in [0, 0.05) is 11.8 Å². The van der Waals surface area contributed by atoms with Gasteiger partial charge in [-0.05, 0) is 40.8 Å². The number of rotatable bonds is 5. The molecule has 0 radical (unpaired) electrons. The summed E-state index contributed by atoms with van der Waals surface area (Å²) >= 11 is 0. The Bertz CT molecular complexity index is 1610. The van der Waals surface area contributed by atoms with E-state index < -0.39 is 15.9 Å². The Kier molecular flexibility index (Phi) is 5.26. The van der Waals surface area contributed by atoms with Crippen molar-refractivity contribution < 1.29 is 17.9 Å². The molecule has 8 heteroatoms. The first-order chi connectivity index (χ1) is 17.5. The lowest BCUT2D eigenvalue weighted by atomic mass is 9.98. The Hall–Kier alpha value is -4.17. The zero-order valence-corrected chi connectivity index (χ0v) is 20.4. The lowest BCUT2D eigenvalue weighted by Gasteiger charge is -2.25. The second kappa shape index (κ2) is 8.49. The molecule has 1 atom stereocenters. The van der Waals surface area contributed by atoms with E-state index in [1.54, 1.807) is 31.4 Å². The van der Waals surface area contributed by atoms with Gasteiger partial charge in [0.05, 0.1) is 29.4 Å². The van der Waals surface area contributed by atoms with E-state index in [-0.39, 0.29) is 17.5 Å². The minimum Gasteiger partial charge on any atom is -0.497 e. The van der Waals surface area contributed by atoms with Crippen LogP contribution in [0, 0.1) is 0 Å². The van der Waals surface area contributed by atoms with Crippen molar-refractivity contribution in [3.63, 3.8) is 0 Å². The highest BCUT2D eigenvalue weighted by molar-refractivity contribution is 7.93. The largest absolute Gasteiger partial charge is 0.497 e. The number of carbonyl (C=O) groups excluding carboxylic acids is 1. The molecule has 2 heterocycles. The standard InChI is InChI=1S/C28H23N3O4S/c1-35-22-15-13-20(14-16-22)25-17-23(19-7-3-2-4-8-19)29-31(25)27(32)18-30-24-11-5-9-21-10-6-12-26(28(21)24)36(30,33)34/h2-16,25H,17-18H2,1H3. The lowest BCUT2D eigenvalue weighted by Crippen LogP contribution is -2.39. The highest BCUT2D eigenvalue weighted by Gasteiger charge is 2.40. The molecule has 0 aliphatic carbocycles. The molecule has 4 aromatic carbocycles. The van der Waals surface area contributed by atoms with E-state index in [0.717, 1.165) is 22.2 Å². The predicted molar refractivity (Wildman–Crippen MR) is 139 cm³/mol. The number of hydrogen-bond acceptors (Lipinski definition) is 5. The fourth-order valence-corrected chi connectivity index (χ4v) is 6.61. The van der Waals surface area contributed by atoms with E-state index in [1.165, 1.54) is 9.31 Å². The summed E-state index contributed by atoms with van der Waals surface area (Å²) in [6, 6.07) is 27.5. The minimum absolute atomic E-state index is 0.227. The van der Waals surface area contributed by atoms with Gasteiger partial charge in [-0.1, -0.05) is 66.7 Å². The fourth-order valence-electron chi connectivity index (χ4n) is 4.95. The molecule has 180 valence electrons. The van der Waals surface area contributed by atoms with E-state index in [4.69, 9.17) is 9.84 Å². The molecule has 0 bridgehead atoms. The zero-order valence-electron chi connectivity index (χ0n) is 19.5. The third-order valence-electron chi connectivity index (χ3n) is 6.73. The first-order valence-electron chi connectivity index (χ1n) is 11.6. The molecule has 0 saturated carbocycles. The summed E-state index contributed by atoms with van der Waals surface area (Å²) in [4.78, 5) is 14.0. The molecule has 2 aliphatic rings. The van der Waals surface area contributed by atoms with Crippen LogP contribution in [-0.2, 0) is 14.8 Å². The molecule has 2 aliphatic heterocycles. The van der Waals surface area contributed by atoms with E-state index in [0.29, 0.717) is 23.2 Å². The third-order valence-corrected chi connectivity index (χ3v) is 8.54. The average molecular weight is 498 g/mol. The van der Waals surface area contributed by atoms with Crippen molar-refractivity contribution in [2.75, 3.05) is 18.0 Å². The van der Waals surface area contributed by atoms with Crippen LogP contribution in [0.3, 0.4) is 0 Å². The van der Waals surface area contributed by atoms with Gasteiger partial charge in [-0.2, -0.15) is 5.10 Å². The van der Waals surface area contributed by atoms with Crippen molar-refractivity contribution in [1.82, 2.24) is 5.01 Å². The SMILES string of the molecule is COc1ccc(C2CC(c3ccccc3)=NN2C(=O)CN2c3cccc4cccc(c34)S2(=O)=O)cc1. The maximum absolute atomic E-state index is 13.7. The fraction of sp³-hybridized carbons (Fsp3) is 0.143. The normalized spacial score (nSPS) is 17.9. The predicted octanol–water partition coefficient (Wildman–Crippen LogP) is 4.74.